The summed E-state index contributed by atoms with van der Waals surface area (Å²) in [5.41, 5.74) is 2.83. The first kappa shape index (κ1) is 9.25. The maximum Gasteiger partial charge on any atom is 0.0653 e. The zero-order valence-corrected chi connectivity index (χ0v) is 8.96. The smallest absolute Gasteiger partial charge is 0.0653 e. The van der Waals surface area contributed by atoms with Crippen molar-refractivity contribution in [2.45, 2.75) is 27.2 Å². The van der Waals surface area contributed by atoms with E-state index in [1.807, 2.05) is 6.20 Å². The molecule has 0 saturated carbocycles. The number of hydrogen-bond donors (Lipinski definition) is 1. The fourth-order valence-corrected chi connectivity index (χ4v) is 1.75. The van der Waals surface area contributed by atoms with Crippen LogP contribution in [0.25, 0.3) is 10.9 Å². The number of nitrogens with one attached hydrogen (secondary N) is 1. The van der Waals surface area contributed by atoms with Crippen LogP contribution in [-0.2, 0) is 6.42 Å². The molecule has 1 heterocycles. The molecule has 2 nitrogen and oxygen atoms in total. The highest BCUT2D eigenvalue weighted by atomic mass is 15.1. The molecule has 0 aliphatic rings. The Balaban J connectivity index is 2.46. The Labute approximate surface area is 84.3 Å². The van der Waals surface area contributed by atoms with E-state index in [-0.39, 0.29) is 0 Å². The van der Waals surface area contributed by atoms with Gasteiger partial charge in [-0.1, -0.05) is 32.9 Å². The van der Waals surface area contributed by atoms with Crippen LogP contribution in [0.3, 0.4) is 0 Å². The van der Waals surface area contributed by atoms with Crippen LogP contribution >= 0.6 is 0 Å². The Morgan fingerprint density at radius 2 is 2.07 bits per heavy atom. The van der Waals surface area contributed by atoms with E-state index < -0.39 is 0 Å². The van der Waals surface area contributed by atoms with Gasteiger partial charge in [-0.3, -0.25) is 5.10 Å². The number of aromatic nitrogens is 2. The standard InChI is InChI=1S/C12H16N2/c1-12(2,3)7-9-5-4-6-11-10(9)8-13-14-11/h4-6,8H,7H2,1-3H3,(H,13,14). The molecule has 1 N–H and O–H groups in total. The van der Waals surface area contributed by atoms with Crippen LogP contribution in [0, 0.1) is 5.41 Å². The second-order valence-corrected chi connectivity index (χ2v) is 4.99. The van der Waals surface area contributed by atoms with E-state index in [1.165, 1.54) is 10.9 Å². The van der Waals surface area contributed by atoms with Gasteiger partial charge in [0.1, 0.15) is 0 Å². The van der Waals surface area contributed by atoms with Gasteiger partial charge in [0.25, 0.3) is 0 Å². The predicted octanol–water partition coefficient (Wildman–Crippen LogP) is 3.15. The fraction of sp³-hybridized carbons (Fsp3) is 0.417. The number of H-pyrrole nitrogens is 1. The highest BCUT2D eigenvalue weighted by molar-refractivity contribution is 5.81. The summed E-state index contributed by atoms with van der Waals surface area (Å²) in [6, 6.07) is 6.33. The van der Waals surface area contributed by atoms with E-state index in [0.717, 1.165) is 11.9 Å². The molecular weight excluding hydrogens is 172 g/mol. The molecule has 0 unspecified atom stereocenters. The van der Waals surface area contributed by atoms with Crippen molar-refractivity contribution in [3.8, 4) is 0 Å². The molecule has 0 aliphatic heterocycles. The molecule has 0 radical (unpaired) electrons. The van der Waals surface area contributed by atoms with Gasteiger partial charge in [-0.25, -0.2) is 0 Å². The van der Waals surface area contributed by atoms with Gasteiger partial charge in [0.05, 0.1) is 11.7 Å². The first-order valence-electron chi connectivity index (χ1n) is 4.97. The minimum Gasteiger partial charge on any atom is -0.278 e. The summed E-state index contributed by atoms with van der Waals surface area (Å²) in [4.78, 5) is 0. The normalized spacial score (nSPS) is 12.2. The summed E-state index contributed by atoms with van der Waals surface area (Å²) in [5.74, 6) is 0. The lowest BCUT2D eigenvalue weighted by Gasteiger charge is -2.18. The lowest BCUT2D eigenvalue weighted by Crippen LogP contribution is -2.09. The van der Waals surface area contributed by atoms with E-state index in [4.69, 9.17) is 0 Å². The van der Waals surface area contributed by atoms with E-state index in [9.17, 15) is 0 Å². The van der Waals surface area contributed by atoms with Crippen molar-refractivity contribution in [2.75, 3.05) is 0 Å². The molecule has 1 aromatic heterocycles. The topological polar surface area (TPSA) is 28.7 Å². The molecule has 2 aromatic rings. The summed E-state index contributed by atoms with van der Waals surface area (Å²) in [6.45, 7) is 6.77. The third kappa shape index (κ3) is 1.79. The Kier molecular flexibility index (Phi) is 2.06. The maximum absolute atomic E-state index is 4.07. The molecule has 2 rings (SSSR count). The molecule has 0 fully saturated rings. The monoisotopic (exact) mass is 188 g/mol. The Hall–Kier alpha value is -1.31. The average Bonchev–Trinajstić information content (AvgIpc) is 2.49. The summed E-state index contributed by atoms with van der Waals surface area (Å²) in [5, 5.41) is 8.31. The quantitative estimate of drug-likeness (QED) is 0.731. The van der Waals surface area contributed by atoms with E-state index in [1.54, 1.807) is 0 Å². The molecule has 2 heteroatoms. The van der Waals surface area contributed by atoms with Crippen LogP contribution in [0.15, 0.2) is 24.4 Å². The van der Waals surface area contributed by atoms with Crippen LogP contribution in [0.5, 0.6) is 0 Å². The van der Waals surface area contributed by atoms with Crippen molar-refractivity contribution in [3.05, 3.63) is 30.0 Å². The second-order valence-electron chi connectivity index (χ2n) is 4.99. The maximum atomic E-state index is 4.07. The summed E-state index contributed by atoms with van der Waals surface area (Å²) in [7, 11) is 0. The molecule has 0 spiro atoms. The lowest BCUT2D eigenvalue weighted by molar-refractivity contribution is 0.412. The Morgan fingerprint density at radius 3 is 2.79 bits per heavy atom. The van der Waals surface area contributed by atoms with E-state index in [0.29, 0.717) is 5.41 Å². The van der Waals surface area contributed by atoms with Gasteiger partial charge in [-0.15, -0.1) is 0 Å². The van der Waals surface area contributed by atoms with Crippen LogP contribution in [0.1, 0.15) is 26.3 Å². The average molecular weight is 188 g/mol. The number of benzene rings is 1. The van der Waals surface area contributed by atoms with Crippen LogP contribution in [0.2, 0.25) is 0 Å². The van der Waals surface area contributed by atoms with Gasteiger partial charge >= 0.3 is 0 Å². The number of rotatable bonds is 1. The number of aromatic amines is 1. The first-order chi connectivity index (χ1) is 6.56. The SMILES string of the molecule is CC(C)(C)Cc1cccc2[nH]ncc12. The van der Waals surface area contributed by atoms with Crippen molar-refractivity contribution in [1.82, 2.24) is 10.2 Å². The minimum absolute atomic E-state index is 0.325. The lowest BCUT2D eigenvalue weighted by atomic mass is 9.87. The van der Waals surface area contributed by atoms with Gasteiger partial charge in [0, 0.05) is 5.39 Å². The zero-order valence-electron chi connectivity index (χ0n) is 8.96. The highest BCUT2D eigenvalue weighted by Gasteiger charge is 2.13. The van der Waals surface area contributed by atoms with Crippen molar-refractivity contribution in [3.63, 3.8) is 0 Å². The largest absolute Gasteiger partial charge is 0.278 e. The van der Waals surface area contributed by atoms with Crippen molar-refractivity contribution >= 4 is 10.9 Å². The van der Waals surface area contributed by atoms with Gasteiger partial charge in [0.15, 0.2) is 0 Å². The molecule has 0 bridgehead atoms. The van der Waals surface area contributed by atoms with Gasteiger partial charge in [-0.05, 0) is 23.5 Å². The second kappa shape index (κ2) is 3.12. The van der Waals surface area contributed by atoms with E-state index >= 15 is 0 Å². The van der Waals surface area contributed by atoms with Gasteiger partial charge in [0.2, 0.25) is 0 Å². The first-order valence-corrected chi connectivity index (χ1v) is 4.97. The molecule has 0 aliphatic carbocycles. The van der Waals surface area contributed by atoms with Crippen LogP contribution < -0.4 is 0 Å². The molecule has 0 saturated heterocycles. The zero-order chi connectivity index (χ0) is 10.2. The molecule has 0 amide bonds. The fourth-order valence-electron chi connectivity index (χ4n) is 1.75. The number of hydrogen-bond acceptors (Lipinski definition) is 1. The van der Waals surface area contributed by atoms with Crippen molar-refractivity contribution in [2.24, 2.45) is 5.41 Å². The summed E-state index contributed by atoms with van der Waals surface area (Å²) >= 11 is 0. The molecule has 74 valence electrons. The molecule has 0 atom stereocenters. The third-order valence-corrected chi connectivity index (χ3v) is 2.30. The number of nitrogens with zero attached hydrogens (tertiary/aromatic N) is 1. The minimum atomic E-state index is 0.325. The van der Waals surface area contributed by atoms with Crippen LogP contribution in [-0.4, -0.2) is 10.2 Å². The molecule has 1 aromatic carbocycles. The summed E-state index contributed by atoms with van der Waals surface area (Å²) < 4.78 is 0. The Bertz CT molecular complexity index is 435. The third-order valence-electron chi connectivity index (χ3n) is 2.30. The Morgan fingerprint density at radius 1 is 1.29 bits per heavy atom. The highest BCUT2D eigenvalue weighted by Crippen LogP contribution is 2.25. The van der Waals surface area contributed by atoms with Gasteiger partial charge < -0.3 is 0 Å². The van der Waals surface area contributed by atoms with Crippen molar-refractivity contribution in [1.29, 1.82) is 0 Å². The van der Waals surface area contributed by atoms with Gasteiger partial charge in [-0.2, -0.15) is 5.10 Å². The van der Waals surface area contributed by atoms with E-state index in [2.05, 4.69) is 49.2 Å². The van der Waals surface area contributed by atoms with Crippen molar-refractivity contribution < 1.29 is 0 Å². The summed E-state index contributed by atoms with van der Waals surface area (Å²) in [6.07, 6.45) is 3.00. The number of fused-ring (bicyclic) bond motifs is 1. The van der Waals surface area contributed by atoms with Crippen LogP contribution in [0.4, 0.5) is 0 Å². The molecule has 14 heavy (non-hydrogen) atoms. The molecular formula is C12H16N2. The predicted molar refractivity (Wildman–Crippen MR) is 59.3 cm³/mol.